The quantitative estimate of drug-likeness (QED) is 0.901. The second-order valence-electron chi connectivity index (χ2n) is 5.13. The summed E-state index contributed by atoms with van der Waals surface area (Å²) in [7, 11) is 2.12. The fourth-order valence-electron chi connectivity index (χ4n) is 2.26. The second kappa shape index (κ2) is 6.89. The van der Waals surface area contributed by atoms with Crippen molar-refractivity contribution in [3.8, 4) is 0 Å². The lowest BCUT2D eigenvalue weighted by molar-refractivity contribution is 0.253. The lowest BCUT2D eigenvalue weighted by Crippen LogP contribution is -2.22. The average Bonchev–Trinajstić information content (AvgIpc) is 2.48. The van der Waals surface area contributed by atoms with Gasteiger partial charge in [-0.2, -0.15) is 0 Å². The Hall–Kier alpha value is -1.35. The molecule has 2 N–H and O–H groups in total. The van der Waals surface area contributed by atoms with E-state index in [1.165, 1.54) is 5.56 Å². The summed E-state index contributed by atoms with van der Waals surface area (Å²) in [4.78, 5) is 2.29. The van der Waals surface area contributed by atoms with E-state index in [1.54, 1.807) is 0 Å². The van der Waals surface area contributed by atoms with E-state index in [9.17, 15) is 0 Å². The molecular weight excluding hydrogens is 268 g/mol. The Morgan fingerprint density at radius 1 is 1.05 bits per heavy atom. The smallest absolute Gasteiger partial charge is 0.0453 e. The normalized spacial score (nSPS) is 12.7. The Bertz CT molecular complexity index is 551. The van der Waals surface area contributed by atoms with Crippen LogP contribution in [0.25, 0.3) is 0 Å². The summed E-state index contributed by atoms with van der Waals surface area (Å²) in [5.41, 5.74) is 9.22. The molecule has 106 valence electrons. The Morgan fingerprint density at radius 3 is 2.25 bits per heavy atom. The standard InChI is InChI=1S/C17H21ClN2/c1-13(16-5-3-4-6-17(16)18)20(2)12-15-9-7-14(11-19)8-10-15/h3-10,13H,11-12,19H2,1-2H3. The molecule has 0 bridgehead atoms. The minimum absolute atomic E-state index is 0.276. The van der Waals surface area contributed by atoms with Gasteiger partial charge in [0.2, 0.25) is 0 Å². The van der Waals surface area contributed by atoms with Gasteiger partial charge < -0.3 is 5.73 Å². The topological polar surface area (TPSA) is 29.3 Å². The van der Waals surface area contributed by atoms with Crippen molar-refractivity contribution in [3.05, 3.63) is 70.2 Å². The van der Waals surface area contributed by atoms with E-state index in [1.807, 2.05) is 18.2 Å². The second-order valence-corrected chi connectivity index (χ2v) is 5.54. The summed E-state index contributed by atoms with van der Waals surface area (Å²) in [6, 6.07) is 16.7. The SMILES string of the molecule is CC(c1ccccc1Cl)N(C)Cc1ccc(CN)cc1. The number of nitrogens with two attached hydrogens (primary N) is 1. The maximum absolute atomic E-state index is 6.27. The molecule has 0 aliphatic carbocycles. The number of benzene rings is 2. The van der Waals surface area contributed by atoms with Crippen molar-refractivity contribution >= 4 is 11.6 Å². The van der Waals surface area contributed by atoms with Crippen LogP contribution in [0.3, 0.4) is 0 Å². The molecule has 3 heteroatoms. The highest BCUT2D eigenvalue weighted by molar-refractivity contribution is 6.31. The van der Waals surface area contributed by atoms with Gasteiger partial charge in [-0.1, -0.05) is 54.1 Å². The van der Waals surface area contributed by atoms with Crippen LogP contribution in [0.15, 0.2) is 48.5 Å². The molecule has 2 aromatic rings. The van der Waals surface area contributed by atoms with Gasteiger partial charge in [-0.3, -0.25) is 4.90 Å². The van der Waals surface area contributed by atoms with E-state index in [2.05, 4.69) is 49.2 Å². The van der Waals surface area contributed by atoms with Gasteiger partial charge in [-0.25, -0.2) is 0 Å². The maximum atomic E-state index is 6.27. The largest absolute Gasteiger partial charge is 0.326 e. The van der Waals surface area contributed by atoms with E-state index >= 15 is 0 Å². The lowest BCUT2D eigenvalue weighted by Gasteiger charge is -2.26. The van der Waals surface area contributed by atoms with Gasteiger partial charge in [0.15, 0.2) is 0 Å². The molecule has 0 fully saturated rings. The van der Waals surface area contributed by atoms with Crippen LogP contribution in [0.4, 0.5) is 0 Å². The van der Waals surface area contributed by atoms with Crippen molar-refractivity contribution in [2.45, 2.75) is 26.1 Å². The monoisotopic (exact) mass is 288 g/mol. The van der Waals surface area contributed by atoms with Crippen LogP contribution in [0.1, 0.15) is 29.7 Å². The summed E-state index contributed by atoms with van der Waals surface area (Å²) < 4.78 is 0. The summed E-state index contributed by atoms with van der Waals surface area (Å²) in [6.45, 7) is 3.65. The number of rotatable bonds is 5. The molecule has 2 nitrogen and oxygen atoms in total. The fraction of sp³-hybridized carbons (Fsp3) is 0.294. The molecule has 0 saturated carbocycles. The summed E-state index contributed by atoms with van der Waals surface area (Å²) in [5, 5.41) is 0.824. The molecule has 0 spiro atoms. The third-order valence-corrected chi connectivity index (χ3v) is 4.05. The number of hydrogen-bond donors (Lipinski definition) is 1. The van der Waals surface area contributed by atoms with Gasteiger partial charge in [-0.15, -0.1) is 0 Å². The Labute approximate surface area is 126 Å². The molecule has 1 atom stereocenters. The van der Waals surface area contributed by atoms with Crippen LogP contribution in [0.2, 0.25) is 5.02 Å². The molecule has 20 heavy (non-hydrogen) atoms. The highest BCUT2D eigenvalue weighted by Crippen LogP contribution is 2.27. The minimum Gasteiger partial charge on any atom is -0.326 e. The minimum atomic E-state index is 0.276. The number of nitrogens with zero attached hydrogens (tertiary/aromatic N) is 1. The van der Waals surface area contributed by atoms with Gasteiger partial charge >= 0.3 is 0 Å². The third kappa shape index (κ3) is 3.60. The van der Waals surface area contributed by atoms with Crippen LogP contribution in [0.5, 0.6) is 0 Å². The molecule has 2 rings (SSSR count). The molecule has 0 aliphatic heterocycles. The first-order valence-corrected chi connectivity index (χ1v) is 7.22. The zero-order chi connectivity index (χ0) is 14.5. The van der Waals surface area contributed by atoms with Crippen molar-refractivity contribution in [2.75, 3.05) is 7.05 Å². The first kappa shape index (κ1) is 15.0. The van der Waals surface area contributed by atoms with Crippen molar-refractivity contribution in [1.82, 2.24) is 4.90 Å². The van der Waals surface area contributed by atoms with Crippen LogP contribution >= 0.6 is 11.6 Å². The van der Waals surface area contributed by atoms with Gasteiger partial charge in [0.05, 0.1) is 0 Å². The predicted octanol–water partition coefficient (Wildman–Crippen LogP) is 3.99. The summed E-state index contributed by atoms with van der Waals surface area (Å²) in [6.07, 6.45) is 0. The van der Waals surface area contributed by atoms with Gasteiger partial charge in [0.1, 0.15) is 0 Å². The molecule has 0 radical (unpaired) electrons. The molecule has 0 heterocycles. The molecule has 1 unspecified atom stereocenters. The Kier molecular flexibility index (Phi) is 5.18. The third-order valence-electron chi connectivity index (χ3n) is 3.71. The number of hydrogen-bond acceptors (Lipinski definition) is 2. The first-order valence-electron chi connectivity index (χ1n) is 6.84. The zero-order valence-electron chi connectivity index (χ0n) is 12.0. The average molecular weight is 289 g/mol. The van der Waals surface area contributed by atoms with Crippen LogP contribution in [0, 0.1) is 0 Å². The zero-order valence-corrected chi connectivity index (χ0v) is 12.8. The van der Waals surface area contributed by atoms with Gasteiger partial charge in [-0.05, 0) is 36.7 Å². The highest BCUT2D eigenvalue weighted by Gasteiger charge is 2.14. The molecule has 0 saturated heterocycles. The van der Waals surface area contributed by atoms with Crippen LogP contribution in [-0.4, -0.2) is 11.9 Å². The van der Waals surface area contributed by atoms with E-state index < -0.39 is 0 Å². The van der Waals surface area contributed by atoms with Crippen molar-refractivity contribution in [3.63, 3.8) is 0 Å². The molecule has 0 amide bonds. The van der Waals surface area contributed by atoms with Crippen molar-refractivity contribution in [1.29, 1.82) is 0 Å². The van der Waals surface area contributed by atoms with Crippen LogP contribution in [-0.2, 0) is 13.1 Å². The molecule has 2 aromatic carbocycles. The Morgan fingerprint density at radius 2 is 1.65 bits per heavy atom. The predicted molar refractivity (Wildman–Crippen MR) is 85.7 cm³/mol. The summed E-state index contributed by atoms with van der Waals surface area (Å²) in [5.74, 6) is 0. The Balaban J connectivity index is 2.07. The van der Waals surface area contributed by atoms with E-state index in [0.29, 0.717) is 6.54 Å². The number of halogens is 1. The molecular formula is C17H21ClN2. The molecule has 0 aromatic heterocycles. The molecule has 0 aliphatic rings. The van der Waals surface area contributed by atoms with Crippen molar-refractivity contribution in [2.24, 2.45) is 5.73 Å². The van der Waals surface area contributed by atoms with Crippen LogP contribution < -0.4 is 5.73 Å². The first-order chi connectivity index (χ1) is 9.61. The van der Waals surface area contributed by atoms with E-state index in [-0.39, 0.29) is 6.04 Å². The lowest BCUT2D eigenvalue weighted by atomic mass is 10.1. The maximum Gasteiger partial charge on any atom is 0.0453 e. The van der Waals surface area contributed by atoms with E-state index in [4.69, 9.17) is 17.3 Å². The van der Waals surface area contributed by atoms with E-state index in [0.717, 1.165) is 22.7 Å². The summed E-state index contributed by atoms with van der Waals surface area (Å²) >= 11 is 6.27. The van der Waals surface area contributed by atoms with Crippen molar-refractivity contribution < 1.29 is 0 Å². The van der Waals surface area contributed by atoms with Gasteiger partial charge in [0, 0.05) is 24.2 Å². The van der Waals surface area contributed by atoms with Gasteiger partial charge in [0.25, 0.3) is 0 Å². The fourth-order valence-corrected chi connectivity index (χ4v) is 2.55. The highest BCUT2D eigenvalue weighted by atomic mass is 35.5.